The van der Waals surface area contributed by atoms with Gasteiger partial charge in [0.25, 0.3) is 0 Å². The summed E-state index contributed by atoms with van der Waals surface area (Å²) in [6, 6.07) is 7.94. The lowest BCUT2D eigenvalue weighted by Gasteiger charge is -2.01. The van der Waals surface area contributed by atoms with Gasteiger partial charge in [-0.1, -0.05) is 43.3 Å². The molecule has 0 bridgehead atoms. The van der Waals surface area contributed by atoms with Gasteiger partial charge in [0.15, 0.2) is 5.82 Å². The third-order valence-corrected chi connectivity index (χ3v) is 2.70. The molecule has 92 valence electrons. The van der Waals surface area contributed by atoms with Crippen molar-refractivity contribution in [2.75, 3.05) is 6.61 Å². The number of benzene rings is 1. The molecule has 0 saturated heterocycles. The van der Waals surface area contributed by atoms with Crippen LogP contribution in [0.15, 0.2) is 42.7 Å². The van der Waals surface area contributed by atoms with Crippen molar-refractivity contribution in [2.45, 2.75) is 13.3 Å². The van der Waals surface area contributed by atoms with Gasteiger partial charge < -0.3 is 5.11 Å². The first kappa shape index (κ1) is 12.5. The summed E-state index contributed by atoms with van der Waals surface area (Å²) in [6.45, 7) is 2.14. The summed E-state index contributed by atoms with van der Waals surface area (Å²) >= 11 is 0. The molecular formula is C15H16N2O. The molecule has 18 heavy (non-hydrogen) atoms. The van der Waals surface area contributed by atoms with Crippen LogP contribution in [0, 0.1) is 0 Å². The maximum Gasteiger partial charge on any atom is 0.159 e. The van der Waals surface area contributed by atoms with E-state index in [1.807, 2.05) is 42.7 Å². The Balaban J connectivity index is 2.20. The molecule has 0 unspecified atom stereocenters. The van der Waals surface area contributed by atoms with E-state index in [4.69, 9.17) is 5.11 Å². The third kappa shape index (κ3) is 3.02. The number of hydrogen-bond donors (Lipinski definition) is 1. The maximum atomic E-state index is 8.70. The minimum absolute atomic E-state index is 0.0589. The number of aryl methyl sites for hydroxylation is 1. The number of nitrogens with zero attached hydrogens (tertiary/aromatic N) is 2. The molecule has 0 aliphatic carbocycles. The standard InChI is InChI=1S/C15H16N2O/c1-2-12-10-16-15(17-11-12)14-7-5-13(6-8-14)4-3-9-18/h3-8,10-11,18H,2,9H2,1H3. The minimum Gasteiger partial charge on any atom is -0.392 e. The van der Waals surface area contributed by atoms with E-state index in [2.05, 4.69) is 16.9 Å². The smallest absolute Gasteiger partial charge is 0.159 e. The molecule has 1 heterocycles. The lowest BCUT2D eigenvalue weighted by molar-refractivity contribution is 0.343. The Morgan fingerprint density at radius 2 is 1.78 bits per heavy atom. The topological polar surface area (TPSA) is 46.0 Å². The van der Waals surface area contributed by atoms with E-state index in [1.165, 1.54) is 0 Å². The first-order valence-electron chi connectivity index (χ1n) is 6.02. The Hall–Kier alpha value is -2.00. The van der Waals surface area contributed by atoms with Gasteiger partial charge in [0.1, 0.15) is 0 Å². The molecule has 0 saturated carbocycles. The van der Waals surface area contributed by atoms with Crippen LogP contribution in [-0.2, 0) is 6.42 Å². The maximum absolute atomic E-state index is 8.70. The van der Waals surface area contributed by atoms with E-state index in [0.717, 1.165) is 28.9 Å². The fraction of sp³-hybridized carbons (Fsp3) is 0.200. The van der Waals surface area contributed by atoms with Crippen LogP contribution in [0.4, 0.5) is 0 Å². The molecule has 1 N–H and O–H groups in total. The van der Waals surface area contributed by atoms with Gasteiger partial charge >= 0.3 is 0 Å². The van der Waals surface area contributed by atoms with Crippen LogP contribution in [0.5, 0.6) is 0 Å². The van der Waals surface area contributed by atoms with Crippen LogP contribution in [0.3, 0.4) is 0 Å². The minimum atomic E-state index is 0.0589. The summed E-state index contributed by atoms with van der Waals surface area (Å²) in [5.41, 5.74) is 3.19. The Labute approximate surface area is 107 Å². The molecule has 0 aliphatic heterocycles. The monoisotopic (exact) mass is 240 g/mol. The van der Waals surface area contributed by atoms with Crippen LogP contribution in [-0.4, -0.2) is 21.7 Å². The van der Waals surface area contributed by atoms with Gasteiger partial charge in [-0.05, 0) is 17.5 Å². The highest BCUT2D eigenvalue weighted by Gasteiger charge is 2.00. The van der Waals surface area contributed by atoms with Crippen molar-refractivity contribution in [1.29, 1.82) is 0 Å². The number of aliphatic hydroxyl groups is 1. The van der Waals surface area contributed by atoms with Crippen molar-refractivity contribution in [1.82, 2.24) is 9.97 Å². The molecule has 3 heteroatoms. The number of aliphatic hydroxyl groups excluding tert-OH is 1. The van der Waals surface area contributed by atoms with Crippen LogP contribution in [0.2, 0.25) is 0 Å². The van der Waals surface area contributed by atoms with Crippen LogP contribution < -0.4 is 0 Å². The zero-order chi connectivity index (χ0) is 12.8. The fourth-order valence-corrected chi connectivity index (χ4v) is 1.62. The predicted molar refractivity (Wildman–Crippen MR) is 73.0 cm³/mol. The van der Waals surface area contributed by atoms with E-state index in [-0.39, 0.29) is 6.61 Å². The number of rotatable bonds is 4. The van der Waals surface area contributed by atoms with E-state index in [9.17, 15) is 0 Å². The molecule has 0 radical (unpaired) electrons. The average molecular weight is 240 g/mol. The lowest BCUT2D eigenvalue weighted by Crippen LogP contribution is -1.91. The molecule has 0 aliphatic rings. The average Bonchev–Trinajstić information content (AvgIpc) is 2.46. The predicted octanol–water partition coefficient (Wildman–Crippen LogP) is 2.71. The Bertz CT molecular complexity index is 515. The van der Waals surface area contributed by atoms with Gasteiger partial charge in [-0.3, -0.25) is 0 Å². The van der Waals surface area contributed by atoms with Crippen LogP contribution in [0.1, 0.15) is 18.1 Å². The summed E-state index contributed by atoms with van der Waals surface area (Å²) in [7, 11) is 0. The highest BCUT2D eigenvalue weighted by Crippen LogP contribution is 2.16. The molecule has 1 aromatic carbocycles. The second-order valence-electron chi connectivity index (χ2n) is 3.98. The molecule has 0 atom stereocenters. The Morgan fingerprint density at radius 1 is 1.11 bits per heavy atom. The summed E-state index contributed by atoms with van der Waals surface area (Å²) in [5.74, 6) is 0.741. The van der Waals surface area contributed by atoms with Crippen LogP contribution in [0.25, 0.3) is 17.5 Å². The van der Waals surface area contributed by atoms with Gasteiger partial charge in [0.2, 0.25) is 0 Å². The molecule has 1 aromatic heterocycles. The van der Waals surface area contributed by atoms with Crippen LogP contribution >= 0.6 is 0 Å². The first-order valence-corrected chi connectivity index (χ1v) is 6.02. The van der Waals surface area contributed by atoms with Gasteiger partial charge in [-0.2, -0.15) is 0 Å². The summed E-state index contributed by atoms with van der Waals surface area (Å²) in [6.07, 6.45) is 8.27. The lowest BCUT2D eigenvalue weighted by atomic mass is 10.1. The van der Waals surface area contributed by atoms with Gasteiger partial charge in [0.05, 0.1) is 6.61 Å². The third-order valence-electron chi connectivity index (χ3n) is 2.70. The molecule has 0 amide bonds. The van der Waals surface area contributed by atoms with E-state index >= 15 is 0 Å². The van der Waals surface area contributed by atoms with Crippen molar-refractivity contribution < 1.29 is 5.11 Å². The van der Waals surface area contributed by atoms with Crippen molar-refractivity contribution >= 4 is 6.08 Å². The second-order valence-corrected chi connectivity index (χ2v) is 3.98. The molecule has 0 fully saturated rings. The van der Waals surface area contributed by atoms with Crippen molar-refractivity contribution in [3.05, 3.63) is 53.9 Å². The van der Waals surface area contributed by atoms with Crippen molar-refractivity contribution in [3.63, 3.8) is 0 Å². The normalized spacial score (nSPS) is 11.0. The van der Waals surface area contributed by atoms with E-state index < -0.39 is 0 Å². The highest BCUT2D eigenvalue weighted by molar-refractivity contribution is 5.59. The van der Waals surface area contributed by atoms with Gasteiger partial charge in [0, 0.05) is 18.0 Å². The summed E-state index contributed by atoms with van der Waals surface area (Å²) in [4.78, 5) is 8.68. The molecule has 3 nitrogen and oxygen atoms in total. The summed E-state index contributed by atoms with van der Waals surface area (Å²) in [5, 5.41) is 8.70. The quantitative estimate of drug-likeness (QED) is 0.893. The molecule has 2 aromatic rings. The first-order chi connectivity index (χ1) is 8.83. The Kier molecular flexibility index (Phi) is 4.20. The molecule has 2 rings (SSSR count). The highest BCUT2D eigenvalue weighted by atomic mass is 16.2. The molecular weight excluding hydrogens is 224 g/mol. The SMILES string of the molecule is CCc1cnc(-c2ccc(C=CCO)cc2)nc1. The zero-order valence-corrected chi connectivity index (χ0v) is 10.4. The van der Waals surface area contributed by atoms with Gasteiger partial charge in [-0.15, -0.1) is 0 Å². The largest absolute Gasteiger partial charge is 0.392 e. The Morgan fingerprint density at radius 3 is 2.33 bits per heavy atom. The van der Waals surface area contributed by atoms with E-state index in [1.54, 1.807) is 6.08 Å². The number of aromatic nitrogens is 2. The fourth-order valence-electron chi connectivity index (χ4n) is 1.62. The van der Waals surface area contributed by atoms with Gasteiger partial charge in [-0.25, -0.2) is 9.97 Å². The van der Waals surface area contributed by atoms with Crippen molar-refractivity contribution in [3.8, 4) is 11.4 Å². The van der Waals surface area contributed by atoms with E-state index in [0.29, 0.717) is 0 Å². The second kappa shape index (κ2) is 6.07. The molecule has 0 spiro atoms. The number of hydrogen-bond acceptors (Lipinski definition) is 3. The zero-order valence-electron chi connectivity index (χ0n) is 10.4. The van der Waals surface area contributed by atoms with Crippen molar-refractivity contribution in [2.24, 2.45) is 0 Å². The summed E-state index contributed by atoms with van der Waals surface area (Å²) < 4.78 is 0.